The molecule has 2 aromatic rings. The van der Waals surface area contributed by atoms with Crippen LogP contribution in [0.1, 0.15) is 12.5 Å². The van der Waals surface area contributed by atoms with E-state index in [1.54, 1.807) is 18.4 Å². The van der Waals surface area contributed by atoms with Gasteiger partial charge in [0.2, 0.25) is 0 Å². The number of nitro groups is 1. The molecule has 2 amide bonds. The third kappa shape index (κ3) is 3.79. The molecule has 22 heavy (non-hydrogen) atoms. The molecule has 0 aliphatic carbocycles. The zero-order chi connectivity index (χ0) is 16.1. The first-order chi connectivity index (χ1) is 10.5. The maximum absolute atomic E-state index is 12.2. The highest BCUT2D eigenvalue weighted by Gasteiger charge is 2.20. The summed E-state index contributed by atoms with van der Waals surface area (Å²) in [6, 6.07) is 3.00. The maximum Gasteiger partial charge on any atom is 0.322 e. The van der Waals surface area contributed by atoms with Crippen molar-refractivity contribution in [2.24, 2.45) is 0 Å². The van der Waals surface area contributed by atoms with E-state index in [1.165, 1.54) is 17.2 Å². The van der Waals surface area contributed by atoms with Crippen LogP contribution in [0.3, 0.4) is 0 Å². The summed E-state index contributed by atoms with van der Waals surface area (Å²) in [4.78, 5) is 27.8. The lowest BCUT2D eigenvalue weighted by Gasteiger charge is -2.25. The molecule has 8 heteroatoms. The van der Waals surface area contributed by atoms with Gasteiger partial charge in [0.25, 0.3) is 0 Å². The van der Waals surface area contributed by atoms with Crippen molar-refractivity contribution in [2.45, 2.75) is 19.4 Å². The summed E-state index contributed by atoms with van der Waals surface area (Å²) in [5.41, 5.74) is 1.07. The average molecular weight is 320 g/mol. The van der Waals surface area contributed by atoms with Crippen molar-refractivity contribution in [1.29, 1.82) is 0 Å². The molecule has 0 aliphatic heterocycles. The van der Waals surface area contributed by atoms with Crippen LogP contribution in [0.5, 0.6) is 0 Å². The number of anilines is 1. The lowest BCUT2D eigenvalue weighted by molar-refractivity contribution is -0.384. The Bertz CT molecular complexity index is 660. The molecule has 0 saturated carbocycles. The zero-order valence-corrected chi connectivity index (χ0v) is 13.0. The molecule has 0 bridgehead atoms. The van der Waals surface area contributed by atoms with Gasteiger partial charge in [-0.25, -0.2) is 4.79 Å². The van der Waals surface area contributed by atoms with Crippen molar-refractivity contribution in [1.82, 2.24) is 9.88 Å². The summed E-state index contributed by atoms with van der Waals surface area (Å²) in [7, 11) is 1.67. The Hall–Kier alpha value is -2.48. The second-order valence-corrected chi connectivity index (χ2v) is 5.66. The summed E-state index contributed by atoms with van der Waals surface area (Å²) in [6.45, 7) is 1.93. The third-order valence-corrected chi connectivity index (χ3v) is 4.06. The average Bonchev–Trinajstić information content (AvgIpc) is 2.99. The van der Waals surface area contributed by atoms with Crippen LogP contribution in [0, 0.1) is 10.1 Å². The number of thiophene rings is 1. The van der Waals surface area contributed by atoms with Gasteiger partial charge in [-0.1, -0.05) is 0 Å². The minimum atomic E-state index is -0.572. The predicted molar refractivity (Wildman–Crippen MR) is 85.2 cm³/mol. The molecule has 0 radical (unpaired) electrons. The first-order valence-corrected chi connectivity index (χ1v) is 7.56. The van der Waals surface area contributed by atoms with Crippen LogP contribution in [0.25, 0.3) is 0 Å². The van der Waals surface area contributed by atoms with E-state index in [4.69, 9.17) is 0 Å². The summed E-state index contributed by atoms with van der Waals surface area (Å²) < 4.78 is 0. The Balaban J connectivity index is 2.04. The smallest absolute Gasteiger partial charge is 0.322 e. The number of nitrogens with one attached hydrogen (secondary N) is 1. The van der Waals surface area contributed by atoms with Gasteiger partial charge in [0.1, 0.15) is 11.9 Å². The summed E-state index contributed by atoms with van der Waals surface area (Å²) in [5.74, 6) is 0. The molecule has 0 spiro atoms. The highest BCUT2D eigenvalue weighted by Crippen LogP contribution is 2.22. The molecule has 2 rings (SSSR count). The molecular weight excluding hydrogens is 304 g/mol. The van der Waals surface area contributed by atoms with Crippen LogP contribution in [-0.4, -0.2) is 33.9 Å². The largest absolute Gasteiger partial charge is 0.325 e. The fourth-order valence-electron chi connectivity index (χ4n) is 1.93. The highest BCUT2D eigenvalue weighted by molar-refractivity contribution is 7.07. The number of urea groups is 1. The van der Waals surface area contributed by atoms with Crippen molar-refractivity contribution in [3.05, 3.63) is 51.0 Å². The van der Waals surface area contributed by atoms with E-state index in [1.807, 2.05) is 23.8 Å². The number of carbonyl (C=O) groups excluding carboxylic acids is 1. The van der Waals surface area contributed by atoms with E-state index < -0.39 is 11.0 Å². The van der Waals surface area contributed by atoms with Crippen LogP contribution in [0.15, 0.2) is 35.3 Å². The lowest BCUT2D eigenvalue weighted by atomic mass is 10.1. The van der Waals surface area contributed by atoms with Crippen molar-refractivity contribution >= 4 is 28.7 Å². The standard InChI is InChI=1S/C14H16N4O3S/c1-10(7-11-4-6-22-9-11)17(2)14(19)16-12-3-5-15-8-13(12)18(20)21/h3-6,8-10H,7H2,1-2H3,(H,15,16,19)/t10-/m1/s1. The first kappa shape index (κ1) is 15.9. The van der Waals surface area contributed by atoms with E-state index >= 15 is 0 Å². The molecule has 1 atom stereocenters. The summed E-state index contributed by atoms with van der Waals surface area (Å²) in [6.07, 6.45) is 3.24. The number of likely N-dealkylation sites (N-methyl/N-ethyl adjacent to an activating group) is 1. The zero-order valence-electron chi connectivity index (χ0n) is 12.2. The van der Waals surface area contributed by atoms with Crippen LogP contribution < -0.4 is 5.32 Å². The fourth-order valence-corrected chi connectivity index (χ4v) is 2.61. The summed E-state index contributed by atoms with van der Waals surface area (Å²) in [5, 5.41) is 17.5. The van der Waals surface area contributed by atoms with Gasteiger partial charge in [0.15, 0.2) is 0 Å². The molecule has 0 aromatic carbocycles. The molecule has 7 nitrogen and oxygen atoms in total. The maximum atomic E-state index is 12.2. The Labute approximate surface area is 131 Å². The van der Waals surface area contributed by atoms with Crippen LogP contribution in [-0.2, 0) is 6.42 Å². The van der Waals surface area contributed by atoms with E-state index in [2.05, 4.69) is 10.3 Å². The molecule has 0 fully saturated rings. The number of aromatic nitrogens is 1. The minimum absolute atomic E-state index is 0.0320. The van der Waals surface area contributed by atoms with Gasteiger partial charge in [-0.3, -0.25) is 15.1 Å². The Morgan fingerprint density at radius 3 is 2.95 bits per heavy atom. The molecule has 0 saturated heterocycles. The topological polar surface area (TPSA) is 88.4 Å². The number of carbonyl (C=O) groups is 1. The van der Waals surface area contributed by atoms with Gasteiger partial charge in [0, 0.05) is 19.3 Å². The van der Waals surface area contributed by atoms with Gasteiger partial charge < -0.3 is 10.2 Å². The van der Waals surface area contributed by atoms with Gasteiger partial charge >= 0.3 is 11.7 Å². The number of amides is 2. The second-order valence-electron chi connectivity index (χ2n) is 4.88. The van der Waals surface area contributed by atoms with Crippen molar-refractivity contribution < 1.29 is 9.72 Å². The van der Waals surface area contributed by atoms with Gasteiger partial charge in [0.05, 0.1) is 4.92 Å². The van der Waals surface area contributed by atoms with E-state index in [-0.39, 0.29) is 17.4 Å². The van der Waals surface area contributed by atoms with E-state index in [9.17, 15) is 14.9 Å². The molecule has 0 unspecified atom stereocenters. The molecular formula is C14H16N4O3S. The van der Waals surface area contributed by atoms with Crippen LogP contribution >= 0.6 is 11.3 Å². The van der Waals surface area contributed by atoms with Crippen LogP contribution in [0.2, 0.25) is 0 Å². The number of hydrogen-bond acceptors (Lipinski definition) is 5. The van der Waals surface area contributed by atoms with Gasteiger partial charge in [-0.2, -0.15) is 11.3 Å². The van der Waals surface area contributed by atoms with E-state index in [0.29, 0.717) is 0 Å². The molecule has 1 N–H and O–H groups in total. The Morgan fingerprint density at radius 2 is 2.32 bits per heavy atom. The highest BCUT2D eigenvalue weighted by atomic mass is 32.1. The number of hydrogen-bond donors (Lipinski definition) is 1. The predicted octanol–water partition coefficient (Wildman–Crippen LogP) is 3.15. The summed E-state index contributed by atoms with van der Waals surface area (Å²) >= 11 is 1.61. The van der Waals surface area contributed by atoms with Crippen molar-refractivity contribution in [2.75, 3.05) is 12.4 Å². The number of nitrogens with zero attached hydrogens (tertiary/aromatic N) is 3. The SMILES string of the molecule is C[C@H](Cc1ccsc1)N(C)C(=O)Nc1ccncc1[N+](=O)[O-]. The Kier molecular flexibility index (Phi) is 5.05. The van der Waals surface area contributed by atoms with Crippen molar-refractivity contribution in [3.63, 3.8) is 0 Å². The van der Waals surface area contributed by atoms with Crippen molar-refractivity contribution in [3.8, 4) is 0 Å². The molecule has 116 valence electrons. The monoisotopic (exact) mass is 320 g/mol. The lowest BCUT2D eigenvalue weighted by Crippen LogP contribution is -2.39. The van der Waals surface area contributed by atoms with Gasteiger partial charge in [-0.15, -0.1) is 0 Å². The normalized spacial score (nSPS) is 11.7. The molecule has 2 heterocycles. The molecule has 0 aliphatic rings. The number of rotatable bonds is 5. The van der Waals surface area contributed by atoms with E-state index in [0.717, 1.165) is 18.2 Å². The second kappa shape index (κ2) is 6.99. The third-order valence-electron chi connectivity index (χ3n) is 3.33. The Morgan fingerprint density at radius 1 is 1.55 bits per heavy atom. The first-order valence-electron chi connectivity index (χ1n) is 6.62. The quantitative estimate of drug-likeness (QED) is 0.677. The number of pyridine rings is 1. The minimum Gasteiger partial charge on any atom is -0.325 e. The van der Waals surface area contributed by atoms with Crippen LogP contribution in [0.4, 0.5) is 16.2 Å². The fraction of sp³-hybridized carbons (Fsp3) is 0.286. The molecule has 2 aromatic heterocycles. The van der Waals surface area contributed by atoms with Gasteiger partial charge in [-0.05, 0) is 41.8 Å².